The summed E-state index contributed by atoms with van der Waals surface area (Å²) < 4.78 is 45.5. The van der Waals surface area contributed by atoms with Crippen molar-refractivity contribution in [1.82, 2.24) is 4.57 Å². The molecular weight excluding hydrogens is 367 g/mol. The number of ether oxygens (including phenoxy) is 1. The first-order valence-corrected chi connectivity index (χ1v) is 8.60. The number of anilines is 2. The highest BCUT2D eigenvalue weighted by Gasteiger charge is 2.29. The van der Waals surface area contributed by atoms with Gasteiger partial charge in [0.05, 0.1) is 30.6 Å². The van der Waals surface area contributed by atoms with Gasteiger partial charge in [-0.15, -0.1) is 0 Å². The van der Waals surface area contributed by atoms with Gasteiger partial charge in [-0.05, 0) is 48.7 Å². The van der Waals surface area contributed by atoms with Crippen LogP contribution in [0.2, 0.25) is 0 Å². The third kappa shape index (κ3) is 4.34. The zero-order valence-corrected chi connectivity index (χ0v) is 15.5. The van der Waals surface area contributed by atoms with Crippen LogP contribution in [0.5, 0.6) is 5.75 Å². The molecule has 146 valence electrons. The Kier molecular flexibility index (Phi) is 5.41. The molecule has 3 N–H and O–H groups in total. The Morgan fingerprint density at radius 1 is 1.18 bits per heavy atom. The van der Waals surface area contributed by atoms with Crippen molar-refractivity contribution in [3.63, 3.8) is 0 Å². The fourth-order valence-corrected chi connectivity index (χ4v) is 2.98. The number of hydrogen-bond donors (Lipinski definition) is 2. The molecule has 0 aliphatic carbocycles. The van der Waals surface area contributed by atoms with Crippen molar-refractivity contribution in [2.75, 3.05) is 24.7 Å². The van der Waals surface area contributed by atoms with E-state index in [1.165, 1.54) is 0 Å². The van der Waals surface area contributed by atoms with Crippen molar-refractivity contribution in [3.05, 3.63) is 53.7 Å². The van der Waals surface area contributed by atoms with Gasteiger partial charge in [0.1, 0.15) is 12.3 Å². The van der Waals surface area contributed by atoms with Crippen molar-refractivity contribution in [2.24, 2.45) is 0 Å². The lowest BCUT2D eigenvalue weighted by Crippen LogP contribution is -2.18. The van der Waals surface area contributed by atoms with Gasteiger partial charge in [0.25, 0.3) is 0 Å². The number of nitrogens with one attached hydrogen (secondary N) is 1. The first-order chi connectivity index (χ1) is 13.3. The third-order valence-corrected chi connectivity index (χ3v) is 4.26. The number of fused-ring (bicyclic) bond motifs is 1. The molecule has 1 aromatic heterocycles. The van der Waals surface area contributed by atoms with Crippen LogP contribution in [0.15, 0.2) is 42.5 Å². The Labute approximate surface area is 161 Å². The highest BCUT2D eigenvalue weighted by molar-refractivity contribution is 5.92. The van der Waals surface area contributed by atoms with Gasteiger partial charge >= 0.3 is 6.18 Å². The fraction of sp³-hybridized carbons (Fsp3) is 0.238. The minimum absolute atomic E-state index is 0.252. The lowest BCUT2D eigenvalue weighted by molar-refractivity contribution is -0.140. The monoisotopic (exact) mass is 387 g/mol. The number of hydrogen-bond acceptors (Lipinski definition) is 3. The molecule has 4 nitrogen and oxygen atoms in total. The number of alkyl halides is 3. The number of nitrogens with zero attached hydrogens (tertiary/aromatic N) is 1. The van der Waals surface area contributed by atoms with Gasteiger partial charge in [-0.1, -0.05) is 18.1 Å². The molecular formula is C21H20F3N3O. The lowest BCUT2D eigenvalue weighted by atomic mass is 10.2. The summed E-state index contributed by atoms with van der Waals surface area (Å²) in [5.74, 6) is 6.38. The zero-order chi connectivity index (χ0) is 20.3. The largest absolute Gasteiger partial charge is 0.495 e. The lowest BCUT2D eigenvalue weighted by Gasteiger charge is -2.11. The molecule has 0 saturated heterocycles. The van der Waals surface area contributed by atoms with Crippen LogP contribution < -0.4 is 15.8 Å². The maximum Gasteiger partial charge on any atom is 0.406 e. The second-order valence-electron chi connectivity index (χ2n) is 6.37. The van der Waals surface area contributed by atoms with Gasteiger partial charge < -0.3 is 20.4 Å². The fourth-order valence-electron chi connectivity index (χ4n) is 2.98. The highest BCUT2D eigenvalue weighted by Crippen LogP contribution is 2.28. The zero-order valence-electron chi connectivity index (χ0n) is 15.5. The van der Waals surface area contributed by atoms with Crippen molar-refractivity contribution < 1.29 is 17.9 Å². The van der Waals surface area contributed by atoms with Crippen molar-refractivity contribution in [3.8, 4) is 17.6 Å². The Hall–Kier alpha value is -3.27. The number of halogens is 3. The molecule has 0 fully saturated rings. The Balaban J connectivity index is 1.87. The van der Waals surface area contributed by atoms with E-state index in [1.807, 2.05) is 25.1 Å². The van der Waals surface area contributed by atoms with Crippen molar-refractivity contribution in [2.45, 2.75) is 19.6 Å². The summed E-state index contributed by atoms with van der Waals surface area (Å²) >= 11 is 0. The molecule has 3 rings (SSSR count). The average Bonchev–Trinajstić information content (AvgIpc) is 2.97. The summed E-state index contributed by atoms with van der Waals surface area (Å²) in [5.41, 5.74) is 8.83. The van der Waals surface area contributed by atoms with Crippen LogP contribution in [0.1, 0.15) is 11.3 Å². The highest BCUT2D eigenvalue weighted by atomic mass is 19.4. The van der Waals surface area contributed by atoms with Gasteiger partial charge in [-0.25, -0.2) is 0 Å². The number of rotatable bonds is 4. The molecule has 0 atom stereocenters. The first kappa shape index (κ1) is 19.5. The van der Waals surface area contributed by atoms with Crippen LogP contribution in [0.3, 0.4) is 0 Å². The number of aromatic nitrogens is 1. The summed E-state index contributed by atoms with van der Waals surface area (Å²) in [6.45, 7) is 1.09. The Bertz CT molecular complexity index is 1060. The number of benzene rings is 2. The van der Waals surface area contributed by atoms with Crippen LogP contribution in [0.25, 0.3) is 10.9 Å². The van der Waals surface area contributed by atoms with Gasteiger partial charge in [-0.3, -0.25) is 0 Å². The summed E-state index contributed by atoms with van der Waals surface area (Å²) in [7, 11) is 1.58. The number of nitrogen functional groups attached to an aromatic ring is 1. The van der Waals surface area contributed by atoms with E-state index < -0.39 is 12.7 Å². The Morgan fingerprint density at radius 3 is 2.68 bits per heavy atom. The normalized spacial score (nSPS) is 11.2. The molecule has 0 aliphatic heterocycles. The molecule has 0 amide bonds. The summed E-state index contributed by atoms with van der Waals surface area (Å²) in [5, 5.41) is 3.68. The van der Waals surface area contributed by atoms with E-state index in [2.05, 4.69) is 17.2 Å². The van der Waals surface area contributed by atoms with Crippen LogP contribution >= 0.6 is 0 Å². The maximum absolute atomic E-state index is 13.0. The maximum atomic E-state index is 13.0. The summed E-state index contributed by atoms with van der Waals surface area (Å²) in [4.78, 5) is 0. The first-order valence-electron chi connectivity index (χ1n) is 8.60. The minimum Gasteiger partial charge on any atom is -0.495 e. The molecule has 3 aromatic rings. The molecule has 0 aliphatic rings. The quantitative estimate of drug-likeness (QED) is 0.510. The van der Waals surface area contributed by atoms with Gasteiger partial charge in [-0.2, -0.15) is 13.2 Å². The molecule has 0 saturated carbocycles. The summed E-state index contributed by atoms with van der Waals surface area (Å²) in [6.07, 6.45) is -4.36. The van der Waals surface area contributed by atoms with Crippen molar-refractivity contribution in [1.29, 1.82) is 0 Å². The average molecular weight is 387 g/mol. The molecule has 0 unspecified atom stereocenters. The second kappa shape index (κ2) is 7.77. The topological polar surface area (TPSA) is 52.2 Å². The van der Waals surface area contributed by atoms with Crippen LogP contribution in [0.4, 0.5) is 24.5 Å². The minimum atomic E-state index is -4.36. The smallest absolute Gasteiger partial charge is 0.406 e. The number of methoxy groups -OCH3 is 1. The van der Waals surface area contributed by atoms with E-state index in [0.29, 0.717) is 22.3 Å². The van der Waals surface area contributed by atoms with Crippen LogP contribution in [0, 0.1) is 18.8 Å². The number of aryl methyl sites for hydroxylation is 1. The van der Waals surface area contributed by atoms with Gasteiger partial charge in [0, 0.05) is 11.1 Å². The van der Waals surface area contributed by atoms with E-state index in [4.69, 9.17) is 10.5 Å². The second-order valence-corrected chi connectivity index (χ2v) is 6.37. The SMILES string of the molecule is COc1cc(C)ccc1NCC#Cc1cc2c(N)cccc2n1CC(F)(F)F. The van der Waals surface area contributed by atoms with Gasteiger partial charge in [0.15, 0.2) is 0 Å². The third-order valence-electron chi connectivity index (χ3n) is 4.26. The van der Waals surface area contributed by atoms with E-state index in [0.717, 1.165) is 15.8 Å². The molecule has 28 heavy (non-hydrogen) atoms. The molecule has 2 aromatic carbocycles. The van der Waals surface area contributed by atoms with Gasteiger partial charge in [0.2, 0.25) is 0 Å². The molecule has 0 bridgehead atoms. The molecule has 7 heteroatoms. The van der Waals surface area contributed by atoms with E-state index in [1.54, 1.807) is 31.4 Å². The molecule has 0 spiro atoms. The van der Waals surface area contributed by atoms with E-state index >= 15 is 0 Å². The molecule has 1 heterocycles. The molecule has 0 radical (unpaired) electrons. The van der Waals surface area contributed by atoms with E-state index in [9.17, 15) is 13.2 Å². The standard InChI is InChI=1S/C21H20F3N3O/c1-14-8-9-18(20(11-14)28-2)26-10-4-5-15-12-16-17(25)6-3-7-19(16)27(15)13-21(22,23)24/h3,6-9,11-12,26H,10,13,25H2,1-2H3. The van der Waals surface area contributed by atoms with Crippen LogP contribution in [-0.2, 0) is 6.54 Å². The van der Waals surface area contributed by atoms with Crippen molar-refractivity contribution >= 4 is 22.3 Å². The Morgan fingerprint density at radius 2 is 1.96 bits per heavy atom. The number of nitrogens with two attached hydrogens (primary N) is 1. The van der Waals surface area contributed by atoms with Crippen LogP contribution in [-0.4, -0.2) is 24.4 Å². The summed E-state index contributed by atoms with van der Waals surface area (Å²) in [6, 6.07) is 12.2. The predicted molar refractivity (Wildman–Crippen MR) is 106 cm³/mol. The predicted octanol–water partition coefficient (Wildman–Crippen LogP) is 4.57. The van der Waals surface area contributed by atoms with E-state index in [-0.39, 0.29) is 12.2 Å².